The van der Waals surface area contributed by atoms with Crippen molar-refractivity contribution in [2.24, 2.45) is 0 Å². The molecule has 3 heteroatoms. The van der Waals surface area contributed by atoms with Gasteiger partial charge in [0.05, 0.1) is 5.60 Å². The van der Waals surface area contributed by atoms with E-state index in [-0.39, 0.29) is 17.3 Å². The summed E-state index contributed by atoms with van der Waals surface area (Å²) in [6.07, 6.45) is 0.990. The van der Waals surface area contributed by atoms with Crippen LogP contribution >= 0.6 is 15.9 Å². The highest BCUT2D eigenvalue weighted by molar-refractivity contribution is 9.10. The summed E-state index contributed by atoms with van der Waals surface area (Å²) in [5.41, 5.74) is 0.853. The summed E-state index contributed by atoms with van der Waals surface area (Å²) < 4.78 is 13.5. The molecule has 1 atom stereocenters. The highest BCUT2D eigenvalue weighted by Gasteiger charge is 2.47. The number of hydrogen-bond donors (Lipinski definition) is 0. The molecule has 0 saturated carbocycles. The van der Waals surface area contributed by atoms with Crippen LogP contribution in [0.2, 0.25) is 0 Å². The van der Waals surface area contributed by atoms with E-state index in [4.69, 9.17) is 9.47 Å². The van der Waals surface area contributed by atoms with Gasteiger partial charge in [-0.1, -0.05) is 29.8 Å². The number of hydrogen-bond acceptors (Lipinski definition) is 2. The van der Waals surface area contributed by atoms with Crippen LogP contribution in [0.15, 0.2) is 22.7 Å². The maximum Gasteiger partial charge on any atom is 0.130 e. The molecule has 1 unspecified atom stereocenters. The normalized spacial score (nSPS) is 24.1. The van der Waals surface area contributed by atoms with Gasteiger partial charge in [-0.3, -0.25) is 0 Å². The third kappa shape index (κ3) is 3.37. The van der Waals surface area contributed by atoms with Gasteiger partial charge >= 0.3 is 0 Å². The predicted molar refractivity (Wildman–Crippen MR) is 86.5 cm³/mol. The second kappa shape index (κ2) is 5.34. The number of halogens is 1. The molecule has 0 spiro atoms. The molecule has 1 aliphatic rings. The smallest absolute Gasteiger partial charge is 0.130 e. The van der Waals surface area contributed by atoms with Crippen molar-refractivity contribution >= 4 is 15.9 Å². The summed E-state index contributed by atoms with van der Waals surface area (Å²) in [5, 5.41) is 0. The van der Waals surface area contributed by atoms with Crippen molar-refractivity contribution in [2.45, 2.75) is 71.2 Å². The van der Waals surface area contributed by atoms with Crippen LogP contribution in [-0.2, 0) is 4.74 Å². The van der Waals surface area contributed by atoms with Crippen LogP contribution in [0, 0.1) is 0 Å². The van der Waals surface area contributed by atoms with Gasteiger partial charge in [-0.2, -0.15) is 0 Å². The number of benzene rings is 1. The standard InChI is InChI=1S/C17H25BrO2/c1-11(2)13-9-12(18)7-8-14(13)19-15-10-16(3,4)20-17(15,5)6/h7-9,11,15H,10H2,1-6H3. The van der Waals surface area contributed by atoms with Crippen LogP contribution < -0.4 is 4.74 Å². The molecule has 0 N–H and O–H groups in total. The Morgan fingerprint density at radius 1 is 1.25 bits per heavy atom. The molecule has 112 valence electrons. The van der Waals surface area contributed by atoms with Gasteiger partial charge in [-0.15, -0.1) is 0 Å². The fourth-order valence-corrected chi connectivity index (χ4v) is 3.31. The van der Waals surface area contributed by atoms with Crippen molar-refractivity contribution in [3.63, 3.8) is 0 Å². The molecule has 0 aromatic heterocycles. The van der Waals surface area contributed by atoms with Crippen LogP contribution in [0.3, 0.4) is 0 Å². The van der Waals surface area contributed by atoms with Gasteiger partial charge in [0.15, 0.2) is 0 Å². The van der Waals surface area contributed by atoms with E-state index < -0.39 is 0 Å². The van der Waals surface area contributed by atoms with Crippen LogP contribution in [0.25, 0.3) is 0 Å². The van der Waals surface area contributed by atoms with Crippen molar-refractivity contribution in [1.82, 2.24) is 0 Å². The maximum atomic E-state index is 6.33. The van der Waals surface area contributed by atoms with E-state index in [9.17, 15) is 0 Å². The molecule has 1 heterocycles. The zero-order valence-electron chi connectivity index (χ0n) is 13.3. The van der Waals surface area contributed by atoms with Gasteiger partial charge in [0.2, 0.25) is 0 Å². The van der Waals surface area contributed by atoms with E-state index in [1.165, 1.54) is 5.56 Å². The van der Waals surface area contributed by atoms with E-state index in [1.54, 1.807) is 0 Å². The van der Waals surface area contributed by atoms with Gasteiger partial charge in [0.25, 0.3) is 0 Å². The Morgan fingerprint density at radius 3 is 2.40 bits per heavy atom. The molecule has 0 bridgehead atoms. The third-order valence-electron chi connectivity index (χ3n) is 3.85. The number of rotatable bonds is 3. The van der Waals surface area contributed by atoms with Crippen molar-refractivity contribution in [2.75, 3.05) is 0 Å². The zero-order chi connectivity index (χ0) is 15.1. The first kappa shape index (κ1) is 15.8. The van der Waals surface area contributed by atoms with E-state index in [0.717, 1.165) is 16.6 Å². The van der Waals surface area contributed by atoms with Crippen molar-refractivity contribution in [1.29, 1.82) is 0 Å². The minimum Gasteiger partial charge on any atom is -0.487 e. The first-order chi connectivity index (χ1) is 9.11. The Kier molecular flexibility index (Phi) is 4.23. The second-order valence-corrected chi connectivity index (χ2v) is 8.03. The Morgan fingerprint density at radius 2 is 1.90 bits per heavy atom. The molecular formula is C17H25BrO2. The fraction of sp³-hybridized carbons (Fsp3) is 0.647. The average Bonchev–Trinajstić information content (AvgIpc) is 2.48. The summed E-state index contributed by atoms with van der Waals surface area (Å²) in [7, 11) is 0. The summed E-state index contributed by atoms with van der Waals surface area (Å²) in [5.74, 6) is 1.41. The van der Waals surface area contributed by atoms with E-state index in [2.05, 4.69) is 69.6 Å². The summed E-state index contributed by atoms with van der Waals surface area (Å²) in [6, 6.07) is 6.24. The Balaban J connectivity index is 2.27. The Labute approximate surface area is 131 Å². The molecule has 1 saturated heterocycles. The molecule has 1 aromatic carbocycles. The van der Waals surface area contributed by atoms with Gasteiger partial charge in [0, 0.05) is 10.9 Å². The van der Waals surface area contributed by atoms with Crippen molar-refractivity contribution < 1.29 is 9.47 Å². The van der Waals surface area contributed by atoms with Crippen LogP contribution in [0.5, 0.6) is 5.75 Å². The SMILES string of the molecule is CC(C)c1cc(Br)ccc1OC1CC(C)(C)OC1(C)C. The van der Waals surface area contributed by atoms with E-state index in [0.29, 0.717) is 5.92 Å². The lowest BCUT2D eigenvalue weighted by Gasteiger charge is -2.28. The fourth-order valence-electron chi connectivity index (χ4n) is 2.93. The molecule has 2 rings (SSSR count). The Hall–Kier alpha value is -0.540. The van der Waals surface area contributed by atoms with Gasteiger partial charge in [0.1, 0.15) is 17.5 Å². The van der Waals surface area contributed by atoms with Gasteiger partial charge < -0.3 is 9.47 Å². The molecule has 1 aliphatic heterocycles. The van der Waals surface area contributed by atoms with Crippen LogP contribution in [0.4, 0.5) is 0 Å². The lowest BCUT2D eigenvalue weighted by Crippen LogP contribution is -2.37. The van der Waals surface area contributed by atoms with E-state index in [1.807, 2.05) is 6.07 Å². The average molecular weight is 341 g/mol. The first-order valence-electron chi connectivity index (χ1n) is 7.27. The molecule has 1 aromatic rings. The first-order valence-corrected chi connectivity index (χ1v) is 8.06. The largest absolute Gasteiger partial charge is 0.487 e. The maximum absolute atomic E-state index is 6.33. The molecule has 0 aliphatic carbocycles. The molecular weight excluding hydrogens is 316 g/mol. The molecule has 0 radical (unpaired) electrons. The quantitative estimate of drug-likeness (QED) is 0.743. The topological polar surface area (TPSA) is 18.5 Å². The highest BCUT2D eigenvalue weighted by atomic mass is 79.9. The molecule has 20 heavy (non-hydrogen) atoms. The predicted octanol–water partition coefficient (Wildman–Crippen LogP) is 5.30. The minimum absolute atomic E-state index is 0.0798. The zero-order valence-corrected chi connectivity index (χ0v) is 14.9. The van der Waals surface area contributed by atoms with Crippen molar-refractivity contribution in [3.05, 3.63) is 28.2 Å². The highest BCUT2D eigenvalue weighted by Crippen LogP contribution is 2.41. The summed E-state index contributed by atoms with van der Waals surface area (Å²) >= 11 is 3.54. The Bertz CT molecular complexity index is 492. The van der Waals surface area contributed by atoms with Crippen LogP contribution in [0.1, 0.15) is 59.4 Å². The molecule has 0 amide bonds. The lowest BCUT2D eigenvalue weighted by atomic mass is 9.96. The minimum atomic E-state index is -0.259. The van der Waals surface area contributed by atoms with Gasteiger partial charge in [-0.05, 0) is 57.4 Å². The van der Waals surface area contributed by atoms with Crippen LogP contribution in [-0.4, -0.2) is 17.3 Å². The third-order valence-corrected chi connectivity index (χ3v) is 4.35. The summed E-state index contributed by atoms with van der Waals surface area (Å²) in [6.45, 7) is 12.9. The summed E-state index contributed by atoms with van der Waals surface area (Å²) in [4.78, 5) is 0. The van der Waals surface area contributed by atoms with E-state index >= 15 is 0 Å². The monoisotopic (exact) mass is 340 g/mol. The second-order valence-electron chi connectivity index (χ2n) is 7.11. The number of ether oxygens (including phenoxy) is 2. The van der Waals surface area contributed by atoms with Gasteiger partial charge in [-0.25, -0.2) is 0 Å². The molecule has 2 nitrogen and oxygen atoms in total. The lowest BCUT2D eigenvalue weighted by molar-refractivity contribution is -0.0847. The van der Waals surface area contributed by atoms with Crippen molar-refractivity contribution in [3.8, 4) is 5.75 Å². The molecule has 1 fully saturated rings.